The Hall–Kier alpha value is -2.14. The molecule has 0 radical (unpaired) electrons. The smallest absolute Gasteiger partial charge is 0.323 e. The van der Waals surface area contributed by atoms with Gasteiger partial charge in [-0.15, -0.1) is 0 Å². The van der Waals surface area contributed by atoms with Crippen LogP contribution in [0.4, 0.5) is 11.9 Å². The molecule has 8 nitrogen and oxygen atoms in total. The average Bonchev–Trinajstić information content (AvgIpc) is 2.37. The SMILES string of the molecule is CC(C)Oc1nc(N)nc(N2CCOC(C#N)C2)n1. The Morgan fingerprint density at radius 2 is 2.26 bits per heavy atom. The van der Waals surface area contributed by atoms with Crippen LogP contribution in [0.2, 0.25) is 0 Å². The molecule has 0 bridgehead atoms. The summed E-state index contributed by atoms with van der Waals surface area (Å²) in [7, 11) is 0. The van der Waals surface area contributed by atoms with Crippen LogP contribution in [0.3, 0.4) is 0 Å². The normalized spacial score (nSPS) is 19.3. The van der Waals surface area contributed by atoms with Crippen molar-refractivity contribution in [1.29, 1.82) is 5.26 Å². The molecular weight excluding hydrogens is 248 g/mol. The largest absolute Gasteiger partial charge is 0.461 e. The average molecular weight is 264 g/mol. The molecule has 19 heavy (non-hydrogen) atoms. The molecule has 1 aliphatic heterocycles. The number of anilines is 2. The maximum Gasteiger partial charge on any atom is 0.323 e. The summed E-state index contributed by atoms with van der Waals surface area (Å²) in [6.45, 7) is 5.20. The minimum Gasteiger partial charge on any atom is -0.461 e. The molecule has 2 rings (SSSR count). The molecule has 102 valence electrons. The van der Waals surface area contributed by atoms with Crippen LogP contribution in [0, 0.1) is 11.3 Å². The summed E-state index contributed by atoms with van der Waals surface area (Å²) < 4.78 is 10.7. The Morgan fingerprint density at radius 3 is 2.95 bits per heavy atom. The van der Waals surface area contributed by atoms with Gasteiger partial charge in [0.1, 0.15) is 0 Å². The Balaban J connectivity index is 2.19. The van der Waals surface area contributed by atoms with Crippen molar-refractivity contribution in [2.45, 2.75) is 26.1 Å². The number of hydrogen-bond acceptors (Lipinski definition) is 8. The third-order valence-corrected chi connectivity index (χ3v) is 2.45. The van der Waals surface area contributed by atoms with E-state index >= 15 is 0 Å². The molecule has 1 unspecified atom stereocenters. The standard InChI is InChI=1S/C11H16N6O2/c1-7(2)19-11-15-9(13)14-10(16-11)17-3-4-18-8(5-12)6-17/h7-8H,3-4,6H2,1-2H3,(H2,13,14,15,16). The maximum atomic E-state index is 8.88. The zero-order valence-electron chi connectivity index (χ0n) is 10.9. The van der Waals surface area contributed by atoms with Gasteiger partial charge in [0.25, 0.3) is 0 Å². The fourth-order valence-corrected chi connectivity index (χ4v) is 1.67. The van der Waals surface area contributed by atoms with Crippen LogP contribution in [-0.4, -0.2) is 46.9 Å². The van der Waals surface area contributed by atoms with Gasteiger partial charge in [0, 0.05) is 6.54 Å². The molecule has 0 aliphatic carbocycles. The lowest BCUT2D eigenvalue weighted by Crippen LogP contribution is -2.42. The summed E-state index contributed by atoms with van der Waals surface area (Å²) in [5.41, 5.74) is 5.64. The summed E-state index contributed by atoms with van der Waals surface area (Å²) >= 11 is 0. The van der Waals surface area contributed by atoms with E-state index < -0.39 is 6.10 Å². The van der Waals surface area contributed by atoms with E-state index in [1.807, 2.05) is 18.7 Å². The van der Waals surface area contributed by atoms with Gasteiger partial charge in [0.2, 0.25) is 11.9 Å². The molecule has 0 saturated carbocycles. The Morgan fingerprint density at radius 1 is 1.47 bits per heavy atom. The first-order valence-electron chi connectivity index (χ1n) is 6.03. The highest BCUT2D eigenvalue weighted by Gasteiger charge is 2.23. The minimum atomic E-state index is -0.485. The number of hydrogen-bond donors (Lipinski definition) is 1. The van der Waals surface area contributed by atoms with E-state index in [0.717, 1.165) is 0 Å². The first kappa shape index (κ1) is 13.3. The highest BCUT2D eigenvalue weighted by atomic mass is 16.5. The second-order valence-electron chi connectivity index (χ2n) is 4.38. The number of morpholine rings is 1. The van der Waals surface area contributed by atoms with Crippen molar-refractivity contribution in [1.82, 2.24) is 15.0 Å². The van der Waals surface area contributed by atoms with Crippen molar-refractivity contribution in [3.8, 4) is 12.1 Å². The number of nitriles is 1. The second kappa shape index (κ2) is 5.67. The lowest BCUT2D eigenvalue weighted by molar-refractivity contribution is 0.0757. The van der Waals surface area contributed by atoms with E-state index in [1.165, 1.54) is 0 Å². The van der Waals surface area contributed by atoms with Crippen molar-refractivity contribution in [3.05, 3.63) is 0 Å². The second-order valence-corrected chi connectivity index (χ2v) is 4.38. The highest BCUT2D eigenvalue weighted by Crippen LogP contribution is 2.17. The van der Waals surface area contributed by atoms with Gasteiger partial charge in [0.15, 0.2) is 6.10 Å². The quantitative estimate of drug-likeness (QED) is 0.810. The molecular formula is C11H16N6O2. The lowest BCUT2D eigenvalue weighted by Gasteiger charge is -2.29. The third-order valence-electron chi connectivity index (χ3n) is 2.45. The Kier molecular flexibility index (Phi) is 3.97. The predicted octanol–water partition coefficient (Wildman–Crippen LogP) is -0.0302. The van der Waals surface area contributed by atoms with Crippen LogP contribution in [0.1, 0.15) is 13.8 Å². The molecule has 1 fully saturated rings. The molecule has 0 aromatic carbocycles. The lowest BCUT2D eigenvalue weighted by atomic mass is 10.3. The summed E-state index contributed by atoms with van der Waals surface area (Å²) in [6, 6.07) is 2.26. The number of nitrogen functional groups attached to an aromatic ring is 1. The topological polar surface area (TPSA) is 110 Å². The zero-order valence-corrected chi connectivity index (χ0v) is 10.9. The number of ether oxygens (including phenoxy) is 2. The van der Waals surface area contributed by atoms with E-state index in [-0.39, 0.29) is 18.1 Å². The first-order valence-corrected chi connectivity index (χ1v) is 6.03. The van der Waals surface area contributed by atoms with Gasteiger partial charge in [-0.05, 0) is 13.8 Å². The van der Waals surface area contributed by atoms with Gasteiger partial charge in [-0.1, -0.05) is 0 Å². The van der Waals surface area contributed by atoms with Crippen molar-refractivity contribution in [3.63, 3.8) is 0 Å². The molecule has 0 amide bonds. The Labute approximate surface area is 111 Å². The number of aromatic nitrogens is 3. The van der Waals surface area contributed by atoms with Gasteiger partial charge in [-0.3, -0.25) is 0 Å². The van der Waals surface area contributed by atoms with Crippen LogP contribution < -0.4 is 15.4 Å². The molecule has 2 N–H and O–H groups in total. The van der Waals surface area contributed by atoms with Crippen molar-refractivity contribution in [2.75, 3.05) is 30.3 Å². The van der Waals surface area contributed by atoms with E-state index in [1.54, 1.807) is 0 Å². The third kappa shape index (κ3) is 3.42. The molecule has 1 aromatic rings. The molecule has 1 aromatic heterocycles. The molecule has 1 atom stereocenters. The summed E-state index contributed by atoms with van der Waals surface area (Å²) in [6.07, 6.45) is -0.535. The zero-order chi connectivity index (χ0) is 13.8. The molecule has 2 heterocycles. The van der Waals surface area contributed by atoms with E-state index in [0.29, 0.717) is 25.6 Å². The monoisotopic (exact) mass is 264 g/mol. The van der Waals surface area contributed by atoms with Gasteiger partial charge >= 0.3 is 6.01 Å². The minimum absolute atomic E-state index is 0.0498. The van der Waals surface area contributed by atoms with E-state index in [9.17, 15) is 0 Å². The van der Waals surface area contributed by atoms with E-state index in [2.05, 4.69) is 21.0 Å². The van der Waals surface area contributed by atoms with Gasteiger partial charge < -0.3 is 20.1 Å². The van der Waals surface area contributed by atoms with Crippen LogP contribution >= 0.6 is 0 Å². The van der Waals surface area contributed by atoms with E-state index in [4.69, 9.17) is 20.5 Å². The number of rotatable bonds is 3. The van der Waals surface area contributed by atoms with Crippen LogP contribution in [0.25, 0.3) is 0 Å². The van der Waals surface area contributed by atoms with Crippen molar-refractivity contribution < 1.29 is 9.47 Å². The fraction of sp³-hybridized carbons (Fsp3) is 0.636. The Bertz CT molecular complexity index is 487. The first-order chi connectivity index (χ1) is 9.08. The summed E-state index contributed by atoms with van der Waals surface area (Å²) in [5, 5.41) is 8.88. The van der Waals surface area contributed by atoms with Crippen LogP contribution in [-0.2, 0) is 4.74 Å². The van der Waals surface area contributed by atoms with Gasteiger partial charge in [-0.25, -0.2) is 0 Å². The van der Waals surface area contributed by atoms with Crippen molar-refractivity contribution >= 4 is 11.9 Å². The van der Waals surface area contributed by atoms with Crippen LogP contribution in [0.15, 0.2) is 0 Å². The number of nitrogens with two attached hydrogens (primary N) is 1. The predicted molar refractivity (Wildman–Crippen MR) is 67.6 cm³/mol. The van der Waals surface area contributed by atoms with Crippen LogP contribution in [0.5, 0.6) is 6.01 Å². The highest BCUT2D eigenvalue weighted by molar-refractivity contribution is 5.37. The van der Waals surface area contributed by atoms with Gasteiger partial charge in [-0.2, -0.15) is 20.2 Å². The molecule has 1 saturated heterocycles. The van der Waals surface area contributed by atoms with Crippen molar-refractivity contribution in [2.24, 2.45) is 0 Å². The van der Waals surface area contributed by atoms with Gasteiger partial charge in [0.05, 0.1) is 25.3 Å². The summed E-state index contributed by atoms with van der Waals surface area (Å²) in [4.78, 5) is 14.0. The number of nitrogens with zero attached hydrogens (tertiary/aromatic N) is 5. The molecule has 0 spiro atoms. The fourth-order valence-electron chi connectivity index (χ4n) is 1.67. The molecule has 1 aliphatic rings. The summed E-state index contributed by atoms with van der Waals surface area (Å²) in [5.74, 6) is 0.507. The maximum absolute atomic E-state index is 8.88. The molecule has 8 heteroatoms.